The Balaban J connectivity index is 1.60. The predicted octanol–water partition coefficient (Wildman–Crippen LogP) is 2.87. The lowest BCUT2D eigenvalue weighted by Crippen LogP contribution is -2.44. The number of hydrogen-bond donors (Lipinski definition) is 1. The van der Waals surface area contributed by atoms with Gasteiger partial charge in [-0.3, -0.25) is 4.68 Å². The number of likely N-dealkylation sites (tertiary alicyclic amines) is 1. The van der Waals surface area contributed by atoms with Crippen molar-refractivity contribution in [1.82, 2.24) is 20.0 Å². The fourth-order valence-electron chi connectivity index (χ4n) is 3.11. The molecule has 5 heteroatoms. The standard InChI is InChI=1S/C18H24N4O/c1-15-6-4-10-21(13-15)18(23)19-12-16-7-2-3-8-17(16)14-22-11-5-9-20-22/h2-3,5,7-9,11,15H,4,6,10,12-14H2,1H3,(H,19,23)/t15-/m0/s1. The van der Waals surface area contributed by atoms with E-state index in [9.17, 15) is 4.79 Å². The average Bonchev–Trinajstić information content (AvgIpc) is 3.07. The van der Waals surface area contributed by atoms with Gasteiger partial charge in [0, 0.05) is 32.0 Å². The van der Waals surface area contributed by atoms with E-state index in [1.165, 1.54) is 12.0 Å². The molecule has 1 atom stereocenters. The summed E-state index contributed by atoms with van der Waals surface area (Å²) in [5.41, 5.74) is 2.32. The Kier molecular flexibility index (Phi) is 4.95. The molecular formula is C18H24N4O. The number of urea groups is 1. The third-order valence-corrected chi connectivity index (χ3v) is 4.38. The molecule has 2 aromatic rings. The molecule has 122 valence electrons. The van der Waals surface area contributed by atoms with Crippen LogP contribution in [-0.4, -0.2) is 33.8 Å². The Hall–Kier alpha value is -2.30. The first-order valence-electron chi connectivity index (χ1n) is 8.29. The SMILES string of the molecule is C[C@H]1CCCN(C(=O)NCc2ccccc2Cn2cccn2)C1. The van der Waals surface area contributed by atoms with Gasteiger partial charge in [0.15, 0.2) is 0 Å². The number of rotatable bonds is 4. The van der Waals surface area contributed by atoms with E-state index >= 15 is 0 Å². The van der Waals surface area contributed by atoms with E-state index in [0.29, 0.717) is 12.5 Å². The van der Waals surface area contributed by atoms with Gasteiger partial charge in [-0.05, 0) is 36.0 Å². The van der Waals surface area contributed by atoms with Gasteiger partial charge in [-0.15, -0.1) is 0 Å². The third kappa shape index (κ3) is 4.12. The molecule has 3 rings (SSSR count). The van der Waals surface area contributed by atoms with E-state index in [1.807, 2.05) is 34.0 Å². The number of nitrogens with one attached hydrogen (secondary N) is 1. The number of hydrogen-bond acceptors (Lipinski definition) is 2. The van der Waals surface area contributed by atoms with Crippen LogP contribution in [0.3, 0.4) is 0 Å². The molecule has 5 nitrogen and oxygen atoms in total. The van der Waals surface area contributed by atoms with Crippen LogP contribution in [0.5, 0.6) is 0 Å². The molecule has 0 unspecified atom stereocenters. The highest BCUT2D eigenvalue weighted by molar-refractivity contribution is 5.74. The van der Waals surface area contributed by atoms with Crippen molar-refractivity contribution in [3.05, 3.63) is 53.9 Å². The maximum absolute atomic E-state index is 12.3. The Morgan fingerprint density at radius 3 is 2.87 bits per heavy atom. The van der Waals surface area contributed by atoms with Gasteiger partial charge in [-0.1, -0.05) is 31.2 Å². The van der Waals surface area contributed by atoms with Crippen LogP contribution in [0.1, 0.15) is 30.9 Å². The van der Waals surface area contributed by atoms with E-state index < -0.39 is 0 Å². The number of aromatic nitrogens is 2. The van der Waals surface area contributed by atoms with Crippen molar-refractivity contribution in [3.8, 4) is 0 Å². The van der Waals surface area contributed by atoms with Crippen LogP contribution in [0, 0.1) is 5.92 Å². The number of carbonyl (C=O) groups is 1. The molecular weight excluding hydrogens is 288 g/mol. The number of benzene rings is 1. The summed E-state index contributed by atoms with van der Waals surface area (Å²) in [5, 5.41) is 7.32. The fraction of sp³-hybridized carbons (Fsp3) is 0.444. The second-order valence-electron chi connectivity index (χ2n) is 6.32. The van der Waals surface area contributed by atoms with Crippen molar-refractivity contribution in [3.63, 3.8) is 0 Å². The van der Waals surface area contributed by atoms with Gasteiger partial charge in [0.25, 0.3) is 0 Å². The predicted molar refractivity (Wildman–Crippen MR) is 90.0 cm³/mol. The molecule has 1 fully saturated rings. The number of carbonyl (C=O) groups excluding carboxylic acids is 1. The van der Waals surface area contributed by atoms with Crippen molar-refractivity contribution in [2.45, 2.75) is 32.9 Å². The Morgan fingerprint density at radius 1 is 1.30 bits per heavy atom. The summed E-state index contributed by atoms with van der Waals surface area (Å²) >= 11 is 0. The lowest BCUT2D eigenvalue weighted by Gasteiger charge is -2.31. The van der Waals surface area contributed by atoms with Crippen molar-refractivity contribution in [2.75, 3.05) is 13.1 Å². The molecule has 1 aromatic carbocycles. The minimum atomic E-state index is 0.0467. The lowest BCUT2D eigenvalue weighted by molar-refractivity contribution is 0.169. The fourth-order valence-corrected chi connectivity index (χ4v) is 3.11. The van der Waals surface area contributed by atoms with Crippen LogP contribution in [-0.2, 0) is 13.1 Å². The van der Waals surface area contributed by atoms with Crippen molar-refractivity contribution < 1.29 is 4.79 Å². The zero-order valence-electron chi connectivity index (χ0n) is 13.6. The van der Waals surface area contributed by atoms with Gasteiger partial charge in [-0.25, -0.2) is 4.79 Å². The second kappa shape index (κ2) is 7.31. The molecule has 2 heterocycles. The first-order valence-corrected chi connectivity index (χ1v) is 8.29. The van der Waals surface area contributed by atoms with E-state index in [0.717, 1.165) is 31.6 Å². The Labute approximate surface area is 137 Å². The minimum absolute atomic E-state index is 0.0467. The minimum Gasteiger partial charge on any atom is -0.334 e. The highest BCUT2D eigenvalue weighted by Gasteiger charge is 2.20. The summed E-state index contributed by atoms with van der Waals surface area (Å²) in [5.74, 6) is 0.599. The molecule has 0 saturated carbocycles. The zero-order valence-corrected chi connectivity index (χ0v) is 13.6. The molecule has 1 N–H and O–H groups in total. The van der Waals surface area contributed by atoms with Gasteiger partial charge in [0.2, 0.25) is 0 Å². The molecule has 1 aliphatic rings. The van der Waals surface area contributed by atoms with E-state index in [2.05, 4.69) is 29.5 Å². The topological polar surface area (TPSA) is 50.2 Å². The van der Waals surface area contributed by atoms with Crippen molar-refractivity contribution in [1.29, 1.82) is 0 Å². The quantitative estimate of drug-likeness (QED) is 0.944. The van der Waals surface area contributed by atoms with Gasteiger partial charge in [0.1, 0.15) is 0 Å². The first-order chi connectivity index (χ1) is 11.2. The molecule has 1 aromatic heterocycles. The van der Waals surface area contributed by atoms with Crippen LogP contribution < -0.4 is 5.32 Å². The monoisotopic (exact) mass is 312 g/mol. The van der Waals surface area contributed by atoms with Gasteiger partial charge in [-0.2, -0.15) is 5.10 Å². The van der Waals surface area contributed by atoms with E-state index in [1.54, 1.807) is 6.20 Å². The molecule has 1 saturated heterocycles. The largest absolute Gasteiger partial charge is 0.334 e. The molecule has 2 amide bonds. The van der Waals surface area contributed by atoms with Gasteiger partial charge >= 0.3 is 6.03 Å². The van der Waals surface area contributed by atoms with Crippen LogP contribution >= 0.6 is 0 Å². The molecule has 23 heavy (non-hydrogen) atoms. The molecule has 1 aliphatic heterocycles. The van der Waals surface area contributed by atoms with Crippen LogP contribution in [0.4, 0.5) is 4.79 Å². The summed E-state index contributed by atoms with van der Waals surface area (Å²) in [4.78, 5) is 14.3. The smallest absolute Gasteiger partial charge is 0.317 e. The highest BCUT2D eigenvalue weighted by Crippen LogP contribution is 2.16. The Morgan fingerprint density at radius 2 is 2.13 bits per heavy atom. The average molecular weight is 312 g/mol. The van der Waals surface area contributed by atoms with Crippen molar-refractivity contribution in [2.24, 2.45) is 5.92 Å². The number of amides is 2. The van der Waals surface area contributed by atoms with E-state index in [-0.39, 0.29) is 6.03 Å². The van der Waals surface area contributed by atoms with E-state index in [4.69, 9.17) is 0 Å². The second-order valence-corrected chi connectivity index (χ2v) is 6.32. The third-order valence-electron chi connectivity index (χ3n) is 4.38. The summed E-state index contributed by atoms with van der Waals surface area (Å²) in [6, 6.07) is 10.2. The van der Waals surface area contributed by atoms with Crippen LogP contribution in [0.2, 0.25) is 0 Å². The van der Waals surface area contributed by atoms with Gasteiger partial charge < -0.3 is 10.2 Å². The zero-order chi connectivity index (χ0) is 16.1. The first kappa shape index (κ1) is 15.6. The summed E-state index contributed by atoms with van der Waals surface area (Å²) < 4.78 is 1.90. The van der Waals surface area contributed by atoms with Gasteiger partial charge in [0.05, 0.1) is 6.54 Å². The molecule has 0 spiro atoms. The summed E-state index contributed by atoms with van der Waals surface area (Å²) in [7, 11) is 0. The summed E-state index contributed by atoms with van der Waals surface area (Å²) in [6.07, 6.45) is 6.05. The molecule has 0 bridgehead atoms. The lowest BCUT2D eigenvalue weighted by atomic mass is 10.0. The number of piperidine rings is 1. The molecule has 0 aliphatic carbocycles. The normalized spacial score (nSPS) is 18.0. The maximum atomic E-state index is 12.3. The van der Waals surface area contributed by atoms with Crippen LogP contribution in [0.25, 0.3) is 0 Å². The molecule has 0 radical (unpaired) electrons. The Bertz CT molecular complexity index is 638. The van der Waals surface area contributed by atoms with Crippen molar-refractivity contribution >= 4 is 6.03 Å². The maximum Gasteiger partial charge on any atom is 0.317 e. The highest BCUT2D eigenvalue weighted by atomic mass is 16.2. The van der Waals surface area contributed by atoms with Crippen LogP contribution in [0.15, 0.2) is 42.7 Å². The summed E-state index contributed by atoms with van der Waals surface area (Å²) in [6.45, 7) is 5.21. The number of nitrogens with zero attached hydrogens (tertiary/aromatic N) is 3.